The summed E-state index contributed by atoms with van der Waals surface area (Å²) in [6, 6.07) is 0. The molecule has 3 rings (SSSR count). The lowest BCUT2D eigenvalue weighted by Gasteiger charge is -2.11. The molecule has 0 bridgehead atoms. The third-order valence-electron chi connectivity index (χ3n) is 3.42. The van der Waals surface area contributed by atoms with Gasteiger partial charge in [0, 0.05) is 12.2 Å². The molecule has 0 spiro atoms. The molecule has 1 aromatic heterocycles. The molecule has 2 heterocycles. The van der Waals surface area contributed by atoms with Crippen molar-refractivity contribution in [2.24, 2.45) is 0 Å². The van der Waals surface area contributed by atoms with E-state index in [2.05, 4.69) is 5.10 Å². The third kappa shape index (κ3) is 1.53. The summed E-state index contributed by atoms with van der Waals surface area (Å²) in [7, 11) is 0. The normalized spacial score (nSPS) is 24.7. The summed E-state index contributed by atoms with van der Waals surface area (Å²) in [5.41, 5.74) is 8.58. The Morgan fingerprint density at radius 3 is 3.07 bits per heavy atom. The van der Waals surface area contributed by atoms with E-state index in [9.17, 15) is 0 Å². The van der Waals surface area contributed by atoms with E-state index in [1.165, 1.54) is 24.1 Å². The Labute approximate surface area is 89.4 Å². The highest BCUT2D eigenvalue weighted by atomic mass is 16.5. The first-order valence-corrected chi connectivity index (χ1v) is 5.80. The van der Waals surface area contributed by atoms with Gasteiger partial charge in [0.25, 0.3) is 0 Å². The Kier molecular flexibility index (Phi) is 2.16. The number of hydrogen-bond acceptors (Lipinski definition) is 3. The topological polar surface area (TPSA) is 53.1 Å². The Balaban J connectivity index is 1.80. The molecule has 1 unspecified atom stereocenters. The summed E-state index contributed by atoms with van der Waals surface area (Å²) < 4.78 is 7.54. The van der Waals surface area contributed by atoms with E-state index in [0.717, 1.165) is 38.2 Å². The monoisotopic (exact) mass is 207 g/mol. The van der Waals surface area contributed by atoms with Crippen LogP contribution in [0.5, 0.6) is 0 Å². The number of anilines is 1. The van der Waals surface area contributed by atoms with Crippen LogP contribution in [0.2, 0.25) is 0 Å². The summed E-state index contributed by atoms with van der Waals surface area (Å²) in [6.07, 6.45) is 6.05. The highest BCUT2D eigenvalue weighted by molar-refractivity contribution is 5.45. The fourth-order valence-corrected chi connectivity index (χ4v) is 2.59. The maximum absolute atomic E-state index is 6.08. The second-order valence-corrected chi connectivity index (χ2v) is 4.48. The fourth-order valence-electron chi connectivity index (χ4n) is 2.59. The first kappa shape index (κ1) is 9.21. The van der Waals surface area contributed by atoms with E-state index in [4.69, 9.17) is 10.5 Å². The Bertz CT molecular complexity index is 366. The number of aryl methyl sites for hydroxylation is 1. The lowest BCUT2D eigenvalue weighted by atomic mass is 10.2. The van der Waals surface area contributed by atoms with Crippen LogP contribution < -0.4 is 5.73 Å². The molecule has 0 saturated carbocycles. The maximum Gasteiger partial charge on any atom is 0.125 e. The molecule has 2 aliphatic rings. The standard InChI is InChI=1S/C11H17N3O/c12-11-9-4-1-5-10(9)13-14(11)7-8-3-2-6-15-8/h8H,1-7,12H2. The van der Waals surface area contributed by atoms with Gasteiger partial charge in [-0.2, -0.15) is 5.10 Å². The molecule has 1 atom stereocenters. The molecule has 1 aliphatic heterocycles. The van der Waals surface area contributed by atoms with Gasteiger partial charge in [-0.1, -0.05) is 0 Å². The Hall–Kier alpha value is -1.03. The highest BCUT2D eigenvalue weighted by Crippen LogP contribution is 2.27. The van der Waals surface area contributed by atoms with Crippen LogP contribution in [0.1, 0.15) is 30.5 Å². The SMILES string of the molecule is Nc1c2c(nn1CC1CCCO1)CCC2. The van der Waals surface area contributed by atoms with Crippen LogP contribution in [-0.4, -0.2) is 22.5 Å². The average molecular weight is 207 g/mol. The molecule has 0 aromatic carbocycles. The van der Waals surface area contributed by atoms with Crippen molar-refractivity contribution in [3.8, 4) is 0 Å². The number of nitrogen functional groups attached to an aromatic ring is 1. The van der Waals surface area contributed by atoms with Gasteiger partial charge in [0.1, 0.15) is 5.82 Å². The van der Waals surface area contributed by atoms with E-state index in [1.807, 2.05) is 4.68 Å². The highest BCUT2D eigenvalue weighted by Gasteiger charge is 2.23. The van der Waals surface area contributed by atoms with E-state index in [1.54, 1.807) is 0 Å². The van der Waals surface area contributed by atoms with Crippen molar-refractivity contribution >= 4 is 5.82 Å². The van der Waals surface area contributed by atoms with Gasteiger partial charge >= 0.3 is 0 Å². The molecule has 15 heavy (non-hydrogen) atoms. The number of hydrogen-bond donors (Lipinski definition) is 1. The third-order valence-corrected chi connectivity index (χ3v) is 3.42. The van der Waals surface area contributed by atoms with Gasteiger partial charge in [0.15, 0.2) is 0 Å². The predicted octanol–water partition coefficient (Wildman–Crippen LogP) is 1.13. The minimum absolute atomic E-state index is 0.326. The minimum Gasteiger partial charge on any atom is -0.384 e. The zero-order chi connectivity index (χ0) is 10.3. The van der Waals surface area contributed by atoms with Gasteiger partial charge in [-0.15, -0.1) is 0 Å². The molecule has 2 N–H and O–H groups in total. The van der Waals surface area contributed by atoms with Gasteiger partial charge in [-0.3, -0.25) is 0 Å². The van der Waals surface area contributed by atoms with Crippen molar-refractivity contribution in [3.05, 3.63) is 11.3 Å². The Morgan fingerprint density at radius 1 is 1.40 bits per heavy atom. The number of fused-ring (bicyclic) bond motifs is 1. The number of aromatic nitrogens is 2. The molecule has 1 aliphatic carbocycles. The second-order valence-electron chi connectivity index (χ2n) is 4.48. The zero-order valence-electron chi connectivity index (χ0n) is 8.91. The minimum atomic E-state index is 0.326. The number of ether oxygens (including phenoxy) is 1. The van der Waals surface area contributed by atoms with Gasteiger partial charge in [-0.25, -0.2) is 4.68 Å². The Morgan fingerprint density at radius 2 is 2.33 bits per heavy atom. The molecular formula is C11H17N3O. The zero-order valence-corrected chi connectivity index (χ0v) is 8.91. The molecular weight excluding hydrogens is 190 g/mol. The molecule has 4 nitrogen and oxygen atoms in total. The summed E-state index contributed by atoms with van der Waals surface area (Å²) in [4.78, 5) is 0. The summed E-state index contributed by atoms with van der Waals surface area (Å²) in [5.74, 6) is 0.873. The van der Waals surface area contributed by atoms with Crippen molar-refractivity contribution < 1.29 is 4.74 Å². The summed E-state index contributed by atoms with van der Waals surface area (Å²) >= 11 is 0. The fraction of sp³-hybridized carbons (Fsp3) is 0.727. The number of rotatable bonds is 2. The van der Waals surface area contributed by atoms with E-state index < -0.39 is 0 Å². The molecule has 0 radical (unpaired) electrons. The number of nitrogens with two attached hydrogens (primary N) is 1. The summed E-state index contributed by atoms with van der Waals surface area (Å²) in [6.45, 7) is 1.73. The van der Waals surface area contributed by atoms with Gasteiger partial charge < -0.3 is 10.5 Å². The first-order valence-electron chi connectivity index (χ1n) is 5.80. The van der Waals surface area contributed by atoms with Crippen LogP contribution in [-0.2, 0) is 24.1 Å². The molecule has 1 aromatic rings. The van der Waals surface area contributed by atoms with Crippen molar-refractivity contribution in [2.75, 3.05) is 12.3 Å². The molecule has 4 heteroatoms. The van der Waals surface area contributed by atoms with Crippen LogP contribution in [0, 0.1) is 0 Å². The quantitative estimate of drug-likeness (QED) is 0.791. The van der Waals surface area contributed by atoms with Gasteiger partial charge in [0.2, 0.25) is 0 Å². The van der Waals surface area contributed by atoms with Crippen LogP contribution in [0.15, 0.2) is 0 Å². The van der Waals surface area contributed by atoms with Crippen molar-refractivity contribution in [3.63, 3.8) is 0 Å². The predicted molar refractivity (Wildman–Crippen MR) is 57.6 cm³/mol. The average Bonchev–Trinajstić information content (AvgIpc) is 2.89. The molecule has 82 valence electrons. The van der Waals surface area contributed by atoms with E-state index in [-0.39, 0.29) is 0 Å². The maximum atomic E-state index is 6.08. The molecule has 0 amide bonds. The van der Waals surface area contributed by atoms with Crippen LogP contribution in [0.3, 0.4) is 0 Å². The molecule has 1 saturated heterocycles. The van der Waals surface area contributed by atoms with Crippen LogP contribution >= 0.6 is 0 Å². The summed E-state index contributed by atoms with van der Waals surface area (Å²) in [5, 5.41) is 4.57. The smallest absolute Gasteiger partial charge is 0.125 e. The van der Waals surface area contributed by atoms with Crippen LogP contribution in [0.4, 0.5) is 5.82 Å². The lowest BCUT2D eigenvalue weighted by molar-refractivity contribution is 0.0944. The van der Waals surface area contributed by atoms with Crippen molar-refractivity contribution in [1.82, 2.24) is 9.78 Å². The number of nitrogens with zero attached hydrogens (tertiary/aromatic N) is 2. The lowest BCUT2D eigenvalue weighted by Crippen LogP contribution is -2.18. The van der Waals surface area contributed by atoms with Crippen LogP contribution in [0.25, 0.3) is 0 Å². The van der Waals surface area contributed by atoms with Gasteiger partial charge in [-0.05, 0) is 32.1 Å². The first-order chi connectivity index (χ1) is 7.34. The largest absolute Gasteiger partial charge is 0.384 e. The van der Waals surface area contributed by atoms with E-state index >= 15 is 0 Å². The second kappa shape index (κ2) is 3.52. The van der Waals surface area contributed by atoms with Gasteiger partial charge in [0.05, 0.1) is 18.3 Å². The van der Waals surface area contributed by atoms with Crippen molar-refractivity contribution in [1.29, 1.82) is 0 Å². The molecule has 1 fully saturated rings. The van der Waals surface area contributed by atoms with Crippen molar-refractivity contribution in [2.45, 2.75) is 44.8 Å². The van der Waals surface area contributed by atoms with E-state index in [0.29, 0.717) is 6.10 Å².